The van der Waals surface area contributed by atoms with Gasteiger partial charge in [0, 0.05) is 24.7 Å². The molecule has 0 spiro atoms. The number of anilines is 1. The van der Waals surface area contributed by atoms with Gasteiger partial charge >= 0.3 is 0 Å². The van der Waals surface area contributed by atoms with Crippen LogP contribution < -0.4 is 10.0 Å². The number of thiazole rings is 1. The van der Waals surface area contributed by atoms with Gasteiger partial charge in [-0.15, -0.1) is 11.3 Å². The second kappa shape index (κ2) is 9.20. The van der Waals surface area contributed by atoms with Crippen molar-refractivity contribution in [2.24, 2.45) is 0 Å². The molecule has 1 fully saturated rings. The fourth-order valence-electron chi connectivity index (χ4n) is 3.48. The van der Waals surface area contributed by atoms with E-state index in [0.717, 1.165) is 52.7 Å². The Balaban J connectivity index is 1.59. The van der Waals surface area contributed by atoms with E-state index >= 15 is 0 Å². The van der Waals surface area contributed by atoms with Gasteiger partial charge in [0.2, 0.25) is 0 Å². The van der Waals surface area contributed by atoms with Gasteiger partial charge in [-0.25, -0.2) is 4.98 Å². The number of ether oxygens (including phenoxy) is 1. The number of aromatic nitrogens is 1. The Kier molecular flexibility index (Phi) is 6.22. The van der Waals surface area contributed by atoms with E-state index in [2.05, 4.69) is 41.3 Å². The molecule has 0 saturated carbocycles. The highest BCUT2D eigenvalue weighted by molar-refractivity contribution is 7.19. The number of carboxylic acids is 1. The Hall–Kier alpha value is -2.70. The number of morpholine rings is 1. The molecule has 150 valence electrons. The predicted molar refractivity (Wildman–Crippen MR) is 116 cm³/mol. The summed E-state index contributed by atoms with van der Waals surface area (Å²) in [5.74, 6) is -1.01. The maximum atomic E-state index is 10.8. The lowest BCUT2D eigenvalue weighted by Crippen LogP contribution is -2.36. The number of rotatable bonds is 7. The van der Waals surface area contributed by atoms with Gasteiger partial charge in [0.15, 0.2) is 0 Å². The third-order valence-corrected chi connectivity index (χ3v) is 6.12. The molecule has 1 saturated heterocycles. The molecule has 1 aliphatic heterocycles. The smallest absolute Gasteiger partial charge is 0.120 e. The third-order valence-electron chi connectivity index (χ3n) is 5.01. The van der Waals surface area contributed by atoms with Gasteiger partial charge in [-0.05, 0) is 60.7 Å². The first kappa shape index (κ1) is 19.6. The number of fused-ring (bicyclic) bond motifs is 1. The predicted octanol–water partition coefficient (Wildman–Crippen LogP) is 3.59. The third kappa shape index (κ3) is 5.02. The molecule has 3 aromatic rings. The van der Waals surface area contributed by atoms with E-state index in [1.807, 2.05) is 18.2 Å². The van der Waals surface area contributed by atoms with Crippen molar-refractivity contribution in [3.63, 3.8) is 0 Å². The van der Waals surface area contributed by atoms with Crippen molar-refractivity contribution in [3.8, 4) is 0 Å². The molecule has 0 amide bonds. The summed E-state index contributed by atoms with van der Waals surface area (Å²) in [7, 11) is 0. The van der Waals surface area contributed by atoms with E-state index in [0.29, 0.717) is 12.8 Å². The minimum Gasteiger partial charge on any atom is -0.550 e. The van der Waals surface area contributed by atoms with Gasteiger partial charge in [-0.2, -0.15) is 0 Å². The van der Waals surface area contributed by atoms with Crippen LogP contribution in [-0.4, -0.2) is 37.3 Å². The van der Waals surface area contributed by atoms with E-state index in [9.17, 15) is 9.90 Å². The van der Waals surface area contributed by atoms with Crippen LogP contribution in [0, 0.1) is 0 Å². The maximum Gasteiger partial charge on any atom is 0.120 e. The maximum absolute atomic E-state index is 10.8. The highest BCUT2D eigenvalue weighted by atomic mass is 32.1. The second-order valence-corrected chi connectivity index (χ2v) is 8.10. The standard InChI is InChI=1S/C23H24N2O3S/c26-22(27)7-3-4-18(23-24-20-5-1-2-6-21(20)29-23)16-17-8-10-19(11-9-17)25-12-14-28-15-13-25/h1-2,5-6,8-11,16H,3-4,7,12-15H2,(H,26,27)/p-1/b18-16+. The first-order valence-corrected chi connectivity index (χ1v) is 10.7. The fraction of sp³-hybridized carbons (Fsp3) is 0.304. The SMILES string of the molecule is O=C([O-])CCC/C(=C\c1ccc(N2CCOCC2)cc1)c1nc2ccccc2s1. The average molecular weight is 408 g/mol. The average Bonchev–Trinajstić information content (AvgIpc) is 3.18. The second-order valence-electron chi connectivity index (χ2n) is 7.07. The minimum absolute atomic E-state index is 0.0538. The lowest BCUT2D eigenvalue weighted by molar-refractivity contribution is -0.305. The normalized spacial score (nSPS) is 15.0. The van der Waals surface area contributed by atoms with Gasteiger partial charge in [-0.1, -0.05) is 24.3 Å². The van der Waals surface area contributed by atoms with Crippen molar-refractivity contribution in [1.82, 2.24) is 4.98 Å². The molecule has 0 N–H and O–H groups in total. The molecule has 6 heteroatoms. The molecule has 4 rings (SSSR count). The zero-order valence-electron chi connectivity index (χ0n) is 16.2. The molecule has 0 aliphatic carbocycles. The van der Waals surface area contributed by atoms with E-state index in [-0.39, 0.29) is 6.42 Å². The summed E-state index contributed by atoms with van der Waals surface area (Å²) in [4.78, 5) is 17.9. The van der Waals surface area contributed by atoms with Crippen molar-refractivity contribution in [3.05, 3.63) is 59.1 Å². The molecule has 2 aromatic carbocycles. The van der Waals surface area contributed by atoms with E-state index in [1.54, 1.807) is 11.3 Å². The summed E-state index contributed by atoms with van der Waals surface area (Å²) in [6.07, 6.45) is 3.36. The molecule has 2 heterocycles. The summed E-state index contributed by atoms with van der Waals surface area (Å²) >= 11 is 1.64. The molecule has 0 atom stereocenters. The molecular weight excluding hydrogens is 384 g/mol. The monoisotopic (exact) mass is 407 g/mol. The lowest BCUT2D eigenvalue weighted by Gasteiger charge is -2.28. The van der Waals surface area contributed by atoms with Crippen molar-refractivity contribution < 1.29 is 14.6 Å². The first-order valence-electron chi connectivity index (χ1n) is 9.88. The van der Waals surface area contributed by atoms with Crippen LogP contribution in [0.1, 0.15) is 29.8 Å². The van der Waals surface area contributed by atoms with Gasteiger partial charge in [0.25, 0.3) is 0 Å². The quantitative estimate of drug-likeness (QED) is 0.599. The molecule has 0 bridgehead atoms. The number of hydrogen-bond donors (Lipinski definition) is 0. The van der Waals surface area contributed by atoms with Crippen LogP contribution in [-0.2, 0) is 9.53 Å². The first-order chi connectivity index (χ1) is 14.2. The Morgan fingerprint density at radius 2 is 1.86 bits per heavy atom. The van der Waals surface area contributed by atoms with Gasteiger partial charge in [-0.3, -0.25) is 0 Å². The van der Waals surface area contributed by atoms with E-state index < -0.39 is 5.97 Å². The molecule has 0 unspecified atom stereocenters. The molecule has 29 heavy (non-hydrogen) atoms. The molecular formula is C23H23N2O3S-. The Bertz CT molecular complexity index is 971. The van der Waals surface area contributed by atoms with E-state index in [4.69, 9.17) is 9.72 Å². The van der Waals surface area contributed by atoms with Gasteiger partial charge in [0.05, 0.1) is 23.4 Å². The summed E-state index contributed by atoms with van der Waals surface area (Å²) in [5.41, 5.74) is 4.32. The van der Waals surface area contributed by atoms with Crippen LogP contribution in [0.2, 0.25) is 0 Å². The molecule has 1 aliphatic rings. The molecule has 1 aromatic heterocycles. The van der Waals surface area contributed by atoms with Crippen LogP contribution in [0.4, 0.5) is 5.69 Å². The van der Waals surface area contributed by atoms with Crippen molar-refractivity contribution in [2.75, 3.05) is 31.2 Å². The Morgan fingerprint density at radius 1 is 1.10 bits per heavy atom. The Morgan fingerprint density at radius 3 is 2.59 bits per heavy atom. The summed E-state index contributed by atoms with van der Waals surface area (Å²) < 4.78 is 6.56. The Labute approximate surface area is 174 Å². The number of carbonyl (C=O) groups excluding carboxylic acids is 1. The molecule has 0 radical (unpaired) electrons. The lowest BCUT2D eigenvalue weighted by atomic mass is 10.0. The van der Waals surface area contributed by atoms with Crippen LogP contribution in [0.25, 0.3) is 21.9 Å². The number of carboxylic acid groups (broad SMARTS) is 1. The molecule has 5 nitrogen and oxygen atoms in total. The zero-order valence-corrected chi connectivity index (χ0v) is 17.0. The number of aliphatic carboxylic acids is 1. The highest BCUT2D eigenvalue weighted by Crippen LogP contribution is 2.31. The van der Waals surface area contributed by atoms with Crippen LogP contribution in [0.3, 0.4) is 0 Å². The largest absolute Gasteiger partial charge is 0.550 e. The van der Waals surface area contributed by atoms with Crippen LogP contribution >= 0.6 is 11.3 Å². The fourth-order valence-corrected chi connectivity index (χ4v) is 4.49. The van der Waals surface area contributed by atoms with Gasteiger partial charge < -0.3 is 19.5 Å². The van der Waals surface area contributed by atoms with E-state index in [1.165, 1.54) is 5.69 Å². The number of hydrogen-bond acceptors (Lipinski definition) is 6. The van der Waals surface area contributed by atoms with Crippen molar-refractivity contribution in [2.45, 2.75) is 19.3 Å². The number of carbonyl (C=O) groups is 1. The zero-order chi connectivity index (χ0) is 20.1. The van der Waals surface area contributed by atoms with Crippen LogP contribution in [0.5, 0.6) is 0 Å². The summed E-state index contributed by atoms with van der Waals surface area (Å²) in [6, 6.07) is 16.5. The number of para-hydroxylation sites is 1. The van der Waals surface area contributed by atoms with Crippen molar-refractivity contribution in [1.29, 1.82) is 0 Å². The summed E-state index contributed by atoms with van der Waals surface area (Å²) in [5, 5.41) is 11.8. The minimum atomic E-state index is -1.01. The summed E-state index contributed by atoms with van der Waals surface area (Å²) in [6.45, 7) is 3.36. The van der Waals surface area contributed by atoms with Crippen LogP contribution in [0.15, 0.2) is 48.5 Å². The number of allylic oxidation sites excluding steroid dienone is 1. The topological polar surface area (TPSA) is 65.5 Å². The van der Waals surface area contributed by atoms with Crippen molar-refractivity contribution >= 4 is 44.9 Å². The van der Waals surface area contributed by atoms with Gasteiger partial charge in [0.1, 0.15) is 5.01 Å². The highest BCUT2D eigenvalue weighted by Gasteiger charge is 2.12. The number of benzene rings is 2. The number of nitrogens with zero attached hydrogens (tertiary/aromatic N) is 2.